The third-order valence-electron chi connectivity index (χ3n) is 6.12. The summed E-state index contributed by atoms with van der Waals surface area (Å²) in [6, 6.07) is 14.1. The van der Waals surface area contributed by atoms with Gasteiger partial charge >= 0.3 is 10.2 Å². The van der Waals surface area contributed by atoms with Crippen LogP contribution < -0.4 is 13.8 Å². The molecule has 0 bridgehead atoms. The molecule has 0 aliphatic carbocycles. The van der Waals surface area contributed by atoms with Crippen molar-refractivity contribution in [1.29, 1.82) is 0 Å². The van der Waals surface area contributed by atoms with Gasteiger partial charge in [-0.3, -0.25) is 9.21 Å². The van der Waals surface area contributed by atoms with Crippen LogP contribution in [0.3, 0.4) is 0 Å². The topological polar surface area (TPSA) is 61.9 Å². The van der Waals surface area contributed by atoms with E-state index < -0.39 is 21.6 Å². The van der Waals surface area contributed by atoms with Crippen LogP contribution in [0.4, 0.5) is 10.1 Å². The maximum Gasteiger partial charge on any atom is 0.302 e. The smallest absolute Gasteiger partial charge is 0.302 e. The molecule has 2 fully saturated rings. The van der Waals surface area contributed by atoms with Crippen molar-refractivity contribution >= 4 is 15.9 Å². The number of hydrogen-bond donors (Lipinski definition) is 1. The summed E-state index contributed by atoms with van der Waals surface area (Å²) in [6.07, 6.45) is 1.45. The number of nitrogens with zero attached hydrogens (tertiary/aromatic N) is 2. The normalized spacial score (nSPS) is 26.0. The molecule has 2 aromatic carbocycles. The predicted octanol–water partition coefficient (Wildman–Crippen LogP) is 3.69. The second kappa shape index (κ2) is 8.41. The van der Waals surface area contributed by atoms with Crippen LogP contribution in [0, 0.1) is 5.82 Å². The molecule has 2 aliphatic heterocycles. The van der Waals surface area contributed by atoms with Crippen molar-refractivity contribution in [2.24, 2.45) is 0 Å². The Kier molecular flexibility index (Phi) is 5.98. The van der Waals surface area contributed by atoms with E-state index in [1.54, 1.807) is 12.1 Å². The zero-order chi connectivity index (χ0) is 22.2. The Bertz CT molecular complexity index is 1050. The fourth-order valence-electron chi connectivity index (χ4n) is 4.79. The average molecular weight is 448 g/mol. The molecule has 2 aromatic rings. The molecule has 8 heteroatoms. The maximum atomic E-state index is 13.9. The molecule has 0 unspecified atom stereocenters. The standard InChI is InChI=1S/C23H30FN3O3S/c1-17(2)30-22-9-4-6-19(12-22)15-26-11-10-23(14-18(26)3)16-25-31(28,29)27(23)21-8-5-7-20(24)13-21/h4-9,12-13,17-18,25H,10-11,14-16H2,1-3H3/t18-,23+/m0/s1. The molecular weight excluding hydrogens is 417 g/mol. The van der Waals surface area contributed by atoms with E-state index in [0.29, 0.717) is 25.1 Å². The van der Waals surface area contributed by atoms with E-state index in [4.69, 9.17) is 4.74 Å². The minimum Gasteiger partial charge on any atom is -0.491 e. The lowest BCUT2D eigenvalue weighted by molar-refractivity contribution is 0.106. The molecule has 0 saturated carbocycles. The van der Waals surface area contributed by atoms with Crippen LogP contribution in [-0.2, 0) is 16.8 Å². The van der Waals surface area contributed by atoms with Crippen LogP contribution in [0.2, 0.25) is 0 Å². The third kappa shape index (κ3) is 4.56. The van der Waals surface area contributed by atoms with Crippen LogP contribution in [0.25, 0.3) is 0 Å². The number of ether oxygens (including phenoxy) is 1. The lowest BCUT2D eigenvalue weighted by Gasteiger charge is -2.47. The van der Waals surface area contributed by atoms with Crippen LogP contribution in [0.1, 0.15) is 39.2 Å². The van der Waals surface area contributed by atoms with Gasteiger partial charge in [-0.2, -0.15) is 13.1 Å². The first-order valence-corrected chi connectivity index (χ1v) is 12.2. The van der Waals surface area contributed by atoms with Gasteiger partial charge in [-0.25, -0.2) is 4.39 Å². The van der Waals surface area contributed by atoms with Gasteiger partial charge in [0.2, 0.25) is 0 Å². The Hall–Kier alpha value is -2.16. The van der Waals surface area contributed by atoms with Gasteiger partial charge in [0.1, 0.15) is 11.6 Å². The van der Waals surface area contributed by atoms with Crippen molar-refractivity contribution in [1.82, 2.24) is 9.62 Å². The first kappa shape index (κ1) is 22.0. The van der Waals surface area contributed by atoms with Gasteiger partial charge in [0, 0.05) is 25.7 Å². The molecule has 0 radical (unpaired) electrons. The molecule has 2 heterocycles. The quantitative estimate of drug-likeness (QED) is 0.759. The molecule has 168 valence electrons. The summed E-state index contributed by atoms with van der Waals surface area (Å²) in [5.41, 5.74) is 0.954. The van der Waals surface area contributed by atoms with Crippen LogP contribution in [0.15, 0.2) is 48.5 Å². The van der Waals surface area contributed by atoms with Crippen LogP contribution in [-0.4, -0.2) is 44.1 Å². The molecule has 0 amide bonds. The maximum absolute atomic E-state index is 13.9. The van der Waals surface area contributed by atoms with Gasteiger partial charge in [-0.1, -0.05) is 18.2 Å². The Labute approximate surface area is 184 Å². The van der Waals surface area contributed by atoms with Gasteiger partial charge in [0.15, 0.2) is 0 Å². The Morgan fingerprint density at radius 3 is 2.71 bits per heavy atom. The van der Waals surface area contributed by atoms with Crippen molar-refractivity contribution in [3.63, 3.8) is 0 Å². The lowest BCUT2D eigenvalue weighted by Crippen LogP contribution is -2.57. The van der Waals surface area contributed by atoms with Gasteiger partial charge in [0.05, 0.1) is 17.3 Å². The van der Waals surface area contributed by atoms with E-state index in [-0.39, 0.29) is 12.1 Å². The Balaban J connectivity index is 1.53. The Morgan fingerprint density at radius 2 is 2.00 bits per heavy atom. The van der Waals surface area contributed by atoms with Crippen molar-refractivity contribution in [2.75, 3.05) is 17.4 Å². The van der Waals surface area contributed by atoms with Crippen LogP contribution in [0.5, 0.6) is 5.75 Å². The first-order chi connectivity index (χ1) is 14.7. The molecule has 0 aromatic heterocycles. The summed E-state index contributed by atoms with van der Waals surface area (Å²) in [5, 5.41) is 0. The summed E-state index contributed by atoms with van der Waals surface area (Å²) in [7, 11) is -3.70. The highest BCUT2D eigenvalue weighted by Gasteiger charge is 2.52. The van der Waals surface area contributed by atoms with Crippen molar-refractivity contribution in [3.8, 4) is 5.75 Å². The largest absolute Gasteiger partial charge is 0.491 e. The highest BCUT2D eigenvalue weighted by molar-refractivity contribution is 7.91. The molecule has 6 nitrogen and oxygen atoms in total. The van der Waals surface area contributed by atoms with Crippen molar-refractivity contribution < 1.29 is 17.5 Å². The number of hydrogen-bond acceptors (Lipinski definition) is 4. The minimum atomic E-state index is -3.70. The predicted molar refractivity (Wildman–Crippen MR) is 120 cm³/mol. The SMILES string of the molecule is CC(C)Oc1cccc(CN2CC[C@]3(CNS(=O)(=O)N3c3cccc(F)c3)C[C@@H]2C)c1. The van der Waals surface area contributed by atoms with E-state index in [9.17, 15) is 12.8 Å². The third-order valence-corrected chi connectivity index (χ3v) is 7.70. The van der Waals surface area contributed by atoms with Gasteiger partial charge in [-0.05, 0) is 69.5 Å². The highest BCUT2D eigenvalue weighted by atomic mass is 32.2. The number of benzene rings is 2. The van der Waals surface area contributed by atoms with E-state index in [1.165, 1.54) is 22.0 Å². The molecule has 2 atom stereocenters. The zero-order valence-corrected chi connectivity index (χ0v) is 19.0. The molecule has 2 aliphatic rings. The monoisotopic (exact) mass is 447 g/mol. The molecule has 2 saturated heterocycles. The molecule has 4 rings (SSSR count). The summed E-state index contributed by atoms with van der Waals surface area (Å²) < 4.78 is 49.4. The Morgan fingerprint density at radius 1 is 1.23 bits per heavy atom. The number of likely N-dealkylation sites (tertiary alicyclic amines) is 1. The number of anilines is 1. The van der Waals surface area contributed by atoms with Crippen LogP contribution >= 0.6 is 0 Å². The minimum absolute atomic E-state index is 0.120. The van der Waals surface area contributed by atoms with E-state index in [1.807, 2.05) is 26.0 Å². The first-order valence-electron chi connectivity index (χ1n) is 10.7. The van der Waals surface area contributed by atoms with Gasteiger partial charge in [-0.15, -0.1) is 0 Å². The van der Waals surface area contributed by atoms with E-state index in [2.05, 4.69) is 28.7 Å². The second-order valence-electron chi connectivity index (χ2n) is 8.88. The molecular formula is C23H30FN3O3S. The summed E-state index contributed by atoms with van der Waals surface area (Å²) >= 11 is 0. The number of piperidine rings is 1. The highest BCUT2D eigenvalue weighted by Crippen LogP contribution is 2.41. The number of nitrogens with one attached hydrogen (secondary N) is 1. The molecule has 1 N–H and O–H groups in total. The average Bonchev–Trinajstić information content (AvgIpc) is 2.94. The molecule has 1 spiro atoms. The second-order valence-corrected chi connectivity index (χ2v) is 10.5. The summed E-state index contributed by atoms with van der Waals surface area (Å²) in [5.74, 6) is 0.417. The van der Waals surface area contributed by atoms with E-state index in [0.717, 1.165) is 18.8 Å². The molecule has 31 heavy (non-hydrogen) atoms. The van der Waals surface area contributed by atoms with Gasteiger partial charge < -0.3 is 4.74 Å². The van der Waals surface area contributed by atoms with Gasteiger partial charge in [0.25, 0.3) is 0 Å². The van der Waals surface area contributed by atoms with Crippen molar-refractivity contribution in [2.45, 2.75) is 57.8 Å². The van der Waals surface area contributed by atoms with Crippen molar-refractivity contribution in [3.05, 3.63) is 59.9 Å². The summed E-state index contributed by atoms with van der Waals surface area (Å²) in [4.78, 5) is 2.37. The lowest BCUT2D eigenvalue weighted by atomic mass is 9.83. The van der Waals surface area contributed by atoms with E-state index >= 15 is 0 Å². The number of rotatable bonds is 5. The fraction of sp³-hybridized carbons (Fsp3) is 0.478. The number of halogens is 1. The summed E-state index contributed by atoms with van der Waals surface area (Å²) in [6.45, 7) is 8.00. The zero-order valence-electron chi connectivity index (χ0n) is 18.2. The fourth-order valence-corrected chi connectivity index (χ4v) is 6.50.